The number of hydrogen-bond donors (Lipinski definition) is 1. The lowest BCUT2D eigenvalue weighted by atomic mass is 10.0. The van der Waals surface area contributed by atoms with Gasteiger partial charge in [0.25, 0.3) is 5.91 Å². The summed E-state index contributed by atoms with van der Waals surface area (Å²) in [5.41, 5.74) is 1.59. The van der Waals surface area contributed by atoms with Crippen LogP contribution in [0.15, 0.2) is 48.8 Å². The fourth-order valence-corrected chi connectivity index (χ4v) is 3.72. The van der Waals surface area contributed by atoms with Crippen molar-refractivity contribution >= 4 is 17.4 Å². The molecule has 0 saturated carbocycles. The van der Waals surface area contributed by atoms with E-state index in [1.165, 1.54) is 18.5 Å². The van der Waals surface area contributed by atoms with Crippen LogP contribution in [-0.4, -0.2) is 35.1 Å². The average molecular weight is 440 g/mol. The number of aromatic nitrogens is 2. The van der Waals surface area contributed by atoms with Gasteiger partial charge in [0.1, 0.15) is 17.8 Å². The van der Waals surface area contributed by atoms with Gasteiger partial charge in [0.2, 0.25) is 0 Å². The van der Waals surface area contributed by atoms with Crippen LogP contribution in [0.2, 0.25) is 0 Å². The first-order valence-electron chi connectivity index (χ1n) is 10.4. The molecule has 1 N–H and O–H groups in total. The van der Waals surface area contributed by atoms with Gasteiger partial charge in [-0.25, -0.2) is 18.2 Å². The number of carbonyl (C=O) groups is 1. The van der Waals surface area contributed by atoms with E-state index >= 15 is 0 Å². The molecule has 0 unspecified atom stereocenters. The van der Waals surface area contributed by atoms with E-state index in [1.807, 2.05) is 13.8 Å². The molecule has 1 aliphatic heterocycles. The smallest absolute Gasteiger partial charge is 0.257 e. The summed E-state index contributed by atoms with van der Waals surface area (Å²) in [6, 6.07) is 8.04. The first-order chi connectivity index (χ1) is 15.3. The zero-order chi connectivity index (χ0) is 22.8. The molecule has 0 spiro atoms. The molecule has 1 atom stereocenters. The lowest BCUT2D eigenvalue weighted by Gasteiger charge is -2.23. The molecule has 0 aliphatic carbocycles. The molecule has 3 heterocycles. The Kier molecular flexibility index (Phi) is 6.12. The van der Waals surface area contributed by atoms with Crippen molar-refractivity contribution in [1.82, 2.24) is 9.97 Å². The number of halogens is 3. The Morgan fingerprint density at radius 1 is 1.12 bits per heavy atom. The van der Waals surface area contributed by atoms with Crippen LogP contribution in [0.25, 0.3) is 11.1 Å². The third-order valence-electron chi connectivity index (χ3n) is 5.46. The van der Waals surface area contributed by atoms with Crippen LogP contribution in [0.5, 0.6) is 0 Å². The number of nitrogens with one attached hydrogen (secondary N) is 1. The van der Waals surface area contributed by atoms with E-state index in [2.05, 4.69) is 15.3 Å². The second kappa shape index (κ2) is 8.98. The van der Waals surface area contributed by atoms with Crippen molar-refractivity contribution in [3.8, 4) is 11.1 Å². The van der Waals surface area contributed by atoms with E-state index in [1.54, 1.807) is 17.0 Å². The van der Waals surface area contributed by atoms with Crippen LogP contribution in [0.4, 0.5) is 24.7 Å². The molecule has 1 amide bonds. The maximum Gasteiger partial charge on any atom is 0.257 e. The molecule has 1 saturated heterocycles. The molecule has 1 fully saturated rings. The first-order valence-corrected chi connectivity index (χ1v) is 10.4. The van der Waals surface area contributed by atoms with Crippen molar-refractivity contribution in [2.24, 2.45) is 0 Å². The summed E-state index contributed by atoms with van der Waals surface area (Å²) in [6.07, 6.45) is 2.21. The Morgan fingerprint density at radius 3 is 2.59 bits per heavy atom. The van der Waals surface area contributed by atoms with E-state index in [9.17, 15) is 18.0 Å². The Bertz CT molecular complexity index is 1130. The number of pyridine rings is 2. The number of rotatable bonds is 5. The van der Waals surface area contributed by atoms with E-state index in [4.69, 9.17) is 0 Å². The molecule has 32 heavy (non-hydrogen) atoms. The zero-order valence-electron chi connectivity index (χ0n) is 17.8. The fourth-order valence-electron chi connectivity index (χ4n) is 3.72. The molecular weight excluding hydrogens is 417 g/mol. The average Bonchev–Trinajstić information content (AvgIpc) is 3.21. The highest BCUT2D eigenvalue weighted by Crippen LogP contribution is 2.38. The molecular formula is C24H23F3N4O. The van der Waals surface area contributed by atoms with Crippen LogP contribution in [-0.2, 0) is 0 Å². The fraction of sp³-hybridized carbons (Fsp3) is 0.292. The first kappa shape index (κ1) is 21.8. The standard InChI is InChI=1S/C24H23F3N4O/c1-14(2)21-6-3-15(12-29-21)24(32)30-22-18(19-11-16(25)4-5-20(19)27)7-9-28-23(22)31-10-8-17(26)13-31/h3-7,9,11-12,14,17H,8,10,13H2,1-2H3,(H,30,32)/t17-/m0/s1. The summed E-state index contributed by atoms with van der Waals surface area (Å²) in [7, 11) is 0. The lowest BCUT2D eigenvalue weighted by Crippen LogP contribution is -2.24. The minimum atomic E-state index is -1.03. The number of anilines is 2. The Balaban J connectivity index is 1.77. The summed E-state index contributed by atoms with van der Waals surface area (Å²) in [5.74, 6) is -1.21. The monoisotopic (exact) mass is 440 g/mol. The van der Waals surface area contributed by atoms with Gasteiger partial charge in [-0.3, -0.25) is 9.78 Å². The van der Waals surface area contributed by atoms with Crippen molar-refractivity contribution in [2.45, 2.75) is 32.4 Å². The molecule has 2 aromatic heterocycles. The van der Waals surface area contributed by atoms with Crippen molar-refractivity contribution in [2.75, 3.05) is 23.3 Å². The van der Waals surface area contributed by atoms with Crippen molar-refractivity contribution in [1.29, 1.82) is 0 Å². The highest BCUT2D eigenvalue weighted by molar-refractivity contribution is 6.08. The van der Waals surface area contributed by atoms with Gasteiger partial charge in [0.05, 0.1) is 17.8 Å². The maximum absolute atomic E-state index is 14.6. The van der Waals surface area contributed by atoms with Gasteiger partial charge < -0.3 is 10.2 Å². The molecule has 1 aromatic carbocycles. The molecule has 0 bridgehead atoms. The second-order valence-electron chi connectivity index (χ2n) is 8.09. The second-order valence-corrected chi connectivity index (χ2v) is 8.09. The van der Waals surface area contributed by atoms with Crippen LogP contribution in [0, 0.1) is 11.6 Å². The van der Waals surface area contributed by atoms with Gasteiger partial charge in [-0.05, 0) is 48.7 Å². The number of hydrogen-bond acceptors (Lipinski definition) is 4. The van der Waals surface area contributed by atoms with E-state index in [-0.39, 0.29) is 29.3 Å². The topological polar surface area (TPSA) is 58.1 Å². The van der Waals surface area contributed by atoms with Crippen LogP contribution in [0.1, 0.15) is 42.2 Å². The summed E-state index contributed by atoms with van der Waals surface area (Å²) < 4.78 is 42.4. The largest absolute Gasteiger partial charge is 0.352 e. The van der Waals surface area contributed by atoms with Gasteiger partial charge in [-0.15, -0.1) is 0 Å². The number of amides is 1. The third-order valence-corrected chi connectivity index (χ3v) is 5.46. The minimum Gasteiger partial charge on any atom is -0.352 e. The normalized spacial score (nSPS) is 15.9. The van der Waals surface area contributed by atoms with Crippen molar-refractivity contribution in [3.63, 3.8) is 0 Å². The number of nitrogens with zero attached hydrogens (tertiary/aromatic N) is 3. The van der Waals surface area contributed by atoms with Crippen molar-refractivity contribution in [3.05, 3.63) is 71.7 Å². The van der Waals surface area contributed by atoms with Gasteiger partial charge in [0.15, 0.2) is 5.82 Å². The predicted octanol–water partition coefficient (Wildman–Crippen LogP) is 5.35. The van der Waals surface area contributed by atoms with Crippen LogP contribution >= 0.6 is 0 Å². The number of carbonyl (C=O) groups excluding carboxylic acids is 1. The quantitative estimate of drug-likeness (QED) is 0.581. The molecule has 1 aliphatic rings. The Hall–Kier alpha value is -3.42. The molecule has 3 aromatic rings. The zero-order valence-corrected chi connectivity index (χ0v) is 17.8. The lowest BCUT2D eigenvalue weighted by molar-refractivity contribution is 0.102. The summed E-state index contributed by atoms with van der Waals surface area (Å²) >= 11 is 0. The van der Waals surface area contributed by atoms with Gasteiger partial charge >= 0.3 is 0 Å². The number of benzene rings is 1. The highest BCUT2D eigenvalue weighted by Gasteiger charge is 2.27. The Morgan fingerprint density at radius 2 is 1.94 bits per heavy atom. The molecule has 4 rings (SSSR count). The number of alkyl halides is 1. The molecule has 8 heteroatoms. The molecule has 0 radical (unpaired) electrons. The van der Waals surface area contributed by atoms with Gasteiger partial charge in [0, 0.05) is 35.8 Å². The van der Waals surface area contributed by atoms with Gasteiger partial charge in [-0.1, -0.05) is 13.8 Å². The minimum absolute atomic E-state index is 0.0202. The highest BCUT2D eigenvalue weighted by atomic mass is 19.1. The van der Waals surface area contributed by atoms with E-state index < -0.39 is 23.7 Å². The van der Waals surface area contributed by atoms with E-state index in [0.717, 1.165) is 23.9 Å². The SMILES string of the molecule is CC(C)c1ccc(C(=O)Nc2c(-c3cc(F)ccc3F)ccnc2N2CC[C@H](F)C2)cn1. The van der Waals surface area contributed by atoms with Crippen LogP contribution < -0.4 is 10.2 Å². The van der Waals surface area contributed by atoms with Gasteiger partial charge in [-0.2, -0.15) is 0 Å². The summed E-state index contributed by atoms with van der Waals surface area (Å²) in [4.78, 5) is 23.4. The molecule has 166 valence electrons. The Labute approximate surface area is 184 Å². The summed E-state index contributed by atoms with van der Waals surface area (Å²) in [6.45, 7) is 4.50. The third kappa shape index (κ3) is 4.44. The van der Waals surface area contributed by atoms with Crippen molar-refractivity contribution < 1.29 is 18.0 Å². The predicted molar refractivity (Wildman–Crippen MR) is 118 cm³/mol. The van der Waals surface area contributed by atoms with E-state index in [0.29, 0.717) is 24.3 Å². The summed E-state index contributed by atoms with van der Waals surface area (Å²) in [5, 5.41) is 2.79. The maximum atomic E-state index is 14.6. The van der Waals surface area contributed by atoms with Crippen LogP contribution in [0.3, 0.4) is 0 Å². The molecule has 5 nitrogen and oxygen atoms in total.